The van der Waals surface area contributed by atoms with Gasteiger partial charge in [-0.1, -0.05) is 29.8 Å². The van der Waals surface area contributed by atoms with Crippen molar-refractivity contribution >= 4 is 33.3 Å². The standard InChI is InChI=1S/C14H16BrNO2/c1-9(2)13(17)6-7-14(18)16-11-4-5-12(15)10(3)8-11/h4-9H,1-3H3,(H,16,18)/b7-6-. The molecule has 1 rings (SSSR count). The molecule has 0 aromatic heterocycles. The number of carbonyl (C=O) groups excluding carboxylic acids is 2. The van der Waals surface area contributed by atoms with Crippen molar-refractivity contribution in [2.45, 2.75) is 20.8 Å². The van der Waals surface area contributed by atoms with E-state index in [1.165, 1.54) is 12.2 Å². The van der Waals surface area contributed by atoms with E-state index in [9.17, 15) is 9.59 Å². The van der Waals surface area contributed by atoms with Crippen LogP contribution in [0.3, 0.4) is 0 Å². The summed E-state index contributed by atoms with van der Waals surface area (Å²) < 4.78 is 0.992. The molecule has 1 aromatic rings. The van der Waals surface area contributed by atoms with Gasteiger partial charge in [0.05, 0.1) is 0 Å². The highest BCUT2D eigenvalue weighted by Gasteiger charge is 2.04. The number of allylic oxidation sites excluding steroid dienone is 1. The number of carbonyl (C=O) groups is 2. The molecule has 0 saturated heterocycles. The molecule has 0 atom stereocenters. The minimum absolute atomic E-state index is 0.0582. The second-order valence-corrected chi connectivity index (χ2v) is 5.20. The first-order chi connectivity index (χ1) is 8.40. The van der Waals surface area contributed by atoms with Gasteiger partial charge in [-0.25, -0.2) is 0 Å². The Balaban J connectivity index is 2.65. The molecule has 0 aliphatic rings. The Hall–Kier alpha value is -1.42. The quantitative estimate of drug-likeness (QED) is 0.866. The number of nitrogens with one attached hydrogen (secondary N) is 1. The fourth-order valence-corrected chi connectivity index (χ4v) is 1.50. The maximum Gasteiger partial charge on any atom is 0.248 e. The SMILES string of the molecule is Cc1cc(NC(=O)/C=C\C(=O)C(C)C)ccc1Br. The van der Waals surface area contributed by atoms with Crippen molar-refractivity contribution in [1.29, 1.82) is 0 Å². The van der Waals surface area contributed by atoms with Gasteiger partial charge in [-0.15, -0.1) is 0 Å². The minimum atomic E-state index is -0.300. The highest BCUT2D eigenvalue weighted by Crippen LogP contribution is 2.19. The molecule has 0 spiro atoms. The lowest BCUT2D eigenvalue weighted by Gasteiger charge is -2.04. The number of hydrogen-bond donors (Lipinski definition) is 1. The Labute approximate surface area is 115 Å². The van der Waals surface area contributed by atoms with Gasteiger partial charge < -0.3 is 5.32 Å². The van der Waals surface area contributed by atoms with Crippen LogP contribution in [0.15, 0.2) is 34.8 Å². The van der Waals surface area contributed by atoms with Gasteiger partial charge in [0.25, 0.3) is 0 Å². The van der Waals surface area contributed by atoms with Crippen LogP contribution in [0.1, 0.15) is 19.4 Å². The lowest BCUT2D eigenvalue weighted by molar-refractivity contribution is -0.118. The second kappa shape index (κ2) is 6.50. The summed E-state index contributed by atoms with van der Waals surface area (Å²) in [5, 5.41) is 2.71. The average molecular weight is 310 g/mol. The Morgan fingerprint density at radius 2 is 1.94 bits per heavy atom. The van der Waals surface area contributed by atoms with Crippen molar-refractivity contribution in [3.8, 4) is 0 Å². The summed E-state index contributed by atoms with van der Waals surface area (Å²) in [6.45, 7) is 5.53. The van der Waals surface area contributed by atoms with Gasteiger partial charge in [0.15, 0.2) is 5.78 Å². The number of anilines is 1. The molecule has 0 unspecified atom stereocenters. The zero-order valence-corrected chi connectivity index (χ0v) is 12.2. The zero-order valence-electron chi connectivity index (χ0n) is 10.7. The lowest BCUT2D eigenvalue weighted by Crippen LogP contribution is -2.10. The Morgan fingerprint density at radius 1 is 1.28 bits per heavy atom. The van der Waals surface area contributed by atoms with E-state index in [-0.39, 0.29) is 17.6 Å². The summed E-state index contributed by atoms with van der Waals surface area (Å²) in [6.07, 6.45) is 2.57. The van der Waals surface area contributed by atoms with Crippen LogP contribution in [-0.4, -0.2) is 11.7 Å². The van der Waals surface area contributed by atoms with E-state index < -0.39 is 0 Å². The molecule has 0 aliphatic carbocycles. The molecule has 96 valence electrons. The third-order valence-corrected chi connectivity index (χ3v) is 3.28. The van der Waals surface area contributed by atoms with E-state index in [1.54, 1.807) is 19.9 Å². The summed E-state index contributed by atoms with van der Waals surface area (Å²) in [5.74, 6) is -0.452. The van der Waals surface area contributed by atoms with E-state index in [2.05, 4.69) is 21.2 Å². The largest absolute Gasteiger partial charge is 0.323 e. The smallest absolute Gasteiger partial charge is 0.248 e. The van der Waals surface area contributed by atoms with Gasteiger partial charge in [-0.2, -0.15) is 0 Å². The summed E-state index contributed by atoms with van der Waals surface area (Å²) in [6, 6.07) is 5.53. The van der Waals surface area contributed by atoms with E-state index in [4.69, 9.17) is 0 Å². The number of halogens is 1. The molecule has 0 bridgehead atoms. The van der Waals surface area contributed by atoms with Crippen LogP contribution in [-0.2, 0) is 9.59 Å². The minimum Gasteiger partial charge on any atom is -0.323 e. The Kier molecular flexibility index (Phi) is 5.28. The molecule has 1 amide bonds. The molecular weight excluding hydrogens is 294 g/mol. The molecule has 0 radical (unpaired) electrons. The number of ketones is 1. The first kappa shape index (κ1) is 14.6. The predicted molar refractivity (Wildman–Crippen MR) is 76.5 cm³/mol. The topological polar surface area (TPSA) is 46.2 Å². The summed E-state index contributed by atoms with van der Waals surface area (Å²) >= 11 is 3.39. The van der Waals surface area contributed by atoms with Gasteiger partial charge in [0.1, 0.15) is 0 Å². The van der Waals surface area contributed by atoms with Gasteiger partial charge in [-0.3, -0.25) is 9.59 Å². The van der Waals surface area contributed by atoms with E-state index in [1.807, 2.05) is 19.1 Å². The highest BCUT2D eigenvalue weighted by atomic mass is 79.9. The Morgan fingerprint density at radius 3 is 2.50 bits per heavy atom. The van der Waals surface area contributed by atoms with E-state index >= 15 is 0 Å². The number of rotatable bonds is 4. The molecule has 4 heteroatoms. The summed E-state index contributed by atoms with van der Waals surface area (Å²) in [4.78, 5) is 22.9. The fourth-order valence-electron chi connectivity index (χ4n) is 1.26. The van der Waals surface area contributed by atoms with Crippen molar-refractivity contribution in [2.75, 3.05) is 5.32 Å². The summed E-state index contributed by atoms with van der Waals surface area (Å²) in [7, 11) is 0. The normalized spacial score (nSPS) is 10.9. The summed E-state index contributed by atoms with van der Waals surface area (Å²) in [5.41, 5.74) is 1.75. The molecule has 18 heavy (non-hydrogen) atoms. The molecule has 0 fully saturated rings. The first-order valence-electron chi connectivity index (χ1n) is 5.69. The van der Waals surface area contributed by atoms with Crippen molar-refractivity contribution in [2.24, 2.45) is 5.92 Å². The van der Waals surface area contributed by atoms with Crippen LogP contribution < -0.4 is 5.32 Å². The Bertz CT molecular complexity index is 493. The van der Waals surface area contributed by atoms with E-state index in [0.717, 1.165) is 10.0 Å². The van der Waals surface area contributed by atoms with Crippen LogP contribution >= 0.6 is 15.9 Å². The number of benzene rings is 1. The zero-order chi connectivity index (χ0) is 13.7. The van der Waals surface area contributed by atoms with Crippen LogP contribution in [0.25, 0.3) is 0 Å². The van der Waals surface area contributed by atoms with E-state index in [0.29, 0.717) is 5.69 Å². The van der Waals surface area contributed by atoms with Crippen molar-refractivity contribution in [3.05, 3.63) is 40.4 Å². The van der Waals surface area contributed by atoms with Crippen LogP contribution in [0.5, 0.6) is 0 Å². The van der Waals surface area contributed by atoms with Gasteiger partial charge in [0.2, 0.25) is 5.91 Å². The van der Waals surface area contributed by atoms with Gasteiger partial charge >= 0.3 is 0 Å². The van der Waals surface area contributed by atoms with Crippen LogP contribution in [0, 0.1) is 12.8 Å². The molecule has 0 aliphatic heterocycles. The molecule has 0 saturated carbocycles. The highest BCUT2D eigenvalue weighted by molar-refractivity contribution is 9.10. The average Bonchev–Trinajstić information content (AvgIpc) is 2.30. The fraction of sp³-hybridized carbons (Fsp3) is 0.286. The molecular formula is C14H16BrNO2. The second-order valence-electron chi connectivity index (χ2n) is 4.34. The monoisotopic (exact) mass is 309 g/mol. The lowest BCUT2D eigenvalue weighted by atomic mass is 10.1. The maximum absolute atomic E-state index is 11.6. The van der Waals surface area contributed by atoms with Crippen molar-refractivity contribution < 1.29 is 9.59 Å². The number of aryl methyl sites for hydroxylation is 1. The predicted octanol–water partition coefficient (Wildman–Crippen LogP) is 3.48. The third kappa shape index (κ3) is 4.45. The first-order valence-corrected chi connectivity index (χ1v) is 6.48. The number of amides is 1. The van der Waals surface area contributed by atoms with Crippen molar-refractivity contribution in [1.82, 2.24) is 0 Å². The molecule has 3 nitrogen and oxygen atoms in total. The molecule has 1 N–H and O–H groups in total. The van der Waals surface area contributed by atoms with Gasteiger partial charge in [0, 0.05) is 22.2 Å². The van der Waals surface area contributed by atoms with Crippen LogP contribution in [0.4, 0.5) is 5.69 Å². The van der Waals surface area contributed by atoms with Crippen LogP contribution in [0.2, 0.25) is 0 Å². The van der Waals surface area contributed by atoms with Crippen molar-refractivity contribution in [3.63, 3.8) is 0 Å². The number of hydrogen-bond acceptors (Lipinski definition) is 2. The molecule has 0 heterocycles. The molecule has 1 aromatic carbocycles. The maximum atomic E-state index is 11.6. The van der Waals surface area contributed by atoms with Gasteiger partial charge in [-0.05, 0) is 36.8 Å². The third-order valence-electron chi connectivity index (χ3n) is 2.39.